The maximum absolute atomic E-state index is 11.4. The summed E-state index contributed by atoms with van der Waals surface area (Å²) >= 11 is 0. The van der Waals surface area contributed by atoms with Gasteiger partial charge in [0, 0.05) is 12.8 Å². The molecule has 300 valence electrons. The Kier molecular flexibility index (Phi) is 18.8. The Morgan fingerprint density at radius 2 is 0.960 bits per heavy atom. The average molecular weight is 842 g/mol. The molecule has 0 N–H and O–H groups in total. The molecule has 29 heteroatoms. The summed E-state index contributed by atoms with van der Waals surface area (Å²) in [7, 11) is -22.4. The van der Waals surface area contributed by atoms with Crippen molar-refractivity contribution < 1.29 is 95.4 Å². The monoisotopic (exact) mass is 841 g/mol. The van der Waals surface area contributed by atoms with Gasteiger partial charge in [-0.1, -0.05) is 26.7 Å². The van der Waals surface area contributed by atoms with Gasteiger partial charge in [-0.05, 0) is 12.8 Å². The van der Waals surface area contributed by atoms with Crippen LogP contribution in [0, 0.1) is 0 Å². The standard InChI is InChI=1S/C9H20N.C8H15N2.2C2F6NO4S2/c1-3-4-7-10(2)8-5-6-9-10;1-3-4-5-10-7-6-9(2)8-10;2*3-1(4,5)14(10,11)9-15(12,13)2(6,7)8/h3-9H2,1-2H3;6-8H,3-5H2,1-2H3;;/q2*+1;2*-1. The highest BCUT2D eigenvalue weighted by molar-refractivity contribution is 8.13. The molecule has 1 aromatic heterocycles. The Bertz CT molecular complexity index is 1450. The minimum Gasteiger partial charge on any atom is -0.421 e. The zero-order chi connectivity index (χ0) is 40.3. The van der Waals surface area contributed by atoms with E-state index in [1.165, 1.54) is 62.6 Å². The Morgan fingerprint density at radius 1 is 0.640 bits per heavy atom. The molecule has 0 atom stereocenters. The number of likely N-dealkylation sites (tertiary alicyclic amines) is 1. The van der Waals surface area contributed by atoms with E-state index in [0.29, 0.717) is 0 Å². The summed E-state index contributed by atoms with van der Waals surface area (Å²) in [6, 6.07) is 0. The van der Waals surface area contributed by atoms with Crippen LogP contribution in [0.5, 0.6) is 0 Å². The van der Waals surface area contributed by atoms with Crippen molar-refractivity contribution in [3.05, 3.63) is 27.0 Å². The molecule has 1 fully saturated rings. The van der Waals surface area contributed by atoms with Crippen LogP contribution < -0.4 is 4.57 Å². The first-order valence-corrected chi connectivity index (χ1v) is 19.3. The molecule has 0 saturated carbocycles. The van der Waals surface area contributed by atoms with Crippen molar-refractivity contribution in [1.29, 1.82) is 0 Å². The van der Waals surface area contributed by atoms with E-state index < -0.39 is 62.1 Å². The summed E-state index contributed by atoms with van der Waals surface area (Å²) in [5, 5.41) is 0. The molecule has 0 amide bonds. The van der Waals surface area contributed by atoms with Gasteiger partial charge < -0.3 is 12.7 Å². The van der Waals surface area contributed by atoms with Crippen molar-refractivity contribution in [2.24, 2.45) is 7.05 Å². The Morgan fingerprint density at radius 3 is 1.20 bits per heavy atom. The first kappa shape index (κ1) is 50.2. The van der Waals surface area contributed by atoms with Crippen molar-refractivity contribution in [1.82, 2.24) is 4.57 Å². The number of unbranched alkanes of at least 4 members (excludes halogenated alkanes) is 2. The topological polar surface area (TPSA) is 174 Å². The van der Waals surface area contributed by atoms with Crippen LogP contribution in [0.15, 0.2) is 18.7 Å². The molecular weight excluding hydrogens is 807 g/mol. The van der Waals surface area contributed by atoms with Crippen LogP contribution in [-0.4, -0.2) is 91.4 Å². The maximum Gasteiger partial charge on any atom is 0.480 e. The second-order valence-corrected chi connectivity index (χ2v) is 17.2. The third kappa shape index (κ3) is 17.5. The van der Waals surface area contributed by atoms with E-state index in [1.807, 2.05) is 7.05 Å². The molecule has 0 unspecified atom stereocenters. The van der Waals surface area contributed by atoms with Crippen molar-refractivity contribution in [2.75, 3.05) is 26.7 Å². The number of nitrogens with zero attached hydrogens (tertiary/aromatic N) is 5. The maximum atomic E-state index is 11.4. The van der Waals surface area contributed by atoms with Crippen LogP contribution >= 0.6 is 0 Å². The van der Waals surface area contributed by atoms with E-state index in [9.17, 15) is 86.4 Å². The van der Waals surface area contributed by atoms with Crippen LogP contribution in [0.1, 0.15) is 52.4 Å². The highest BCUT2D eigenvalue weighted by atomic mass is 32.3. The van der Waals surface area contributed by atoms with E-state index in [4.69, 9.17) is 0 Å². The molecule has 0 bridgehead atoms. The third-order valence-electron chi connectivity index (χ3n) is 5.85. The number of halogens is 12. The summed E-state index contributed by atoms with van der Waals surface area (Å²) < 4.78 is 224. The van der Waals surface area contributed by atoms with Gasteiger partial charge in [-0.15, -0.1) is 0 Å². The van der Waals surface area contributed by atoms with Gasteiger partial charge in [-0.2, -0.15) is 52.7 Å². The van der Waals surface area contributed by atoms with Gasteiger partial charge in [0.1, 0.15) is 12.4 Å². The number of rotatable bonds is 10. The van der Waals surface area contributed by atoms with Crippen LogP contribution in [-0.2, 0) is 53.7 Å². The lowest BCUT2D eigenvalue weighted by Crippen LogP contribution is -2.41. The van der Waals surface area contributed by atoms with Gasteiger partial charge in [0.05, 0.1) is 40.3 Å². The van der Waals surface area contributed by atoms with Crippen molar-refractivity contribution >= 4 is 40.1 Å². The smallest absolute Gasteiger partial charge is 0.421 e. The molecule has 1 saturated heterocycles. The molecule has 2 rings (SSSR count). The molecular formula is C21H35F12N5O8S4. The molecule has 2 heterocycles. The van der Waals surface area contributed by atoms with Crippen molar-refractivity contribution in [2.45, 2.75) is 81.0 Å². The van der Waals surface area contributed by atoms with E-state index in [2.05, 4.69) is 48.8 Å². The quantitative estimate of drug-likeness (QED) is 0.174. The average Bonchev–Trinajstić information content (AvgIpc) is 3.51. The van der Waals surface area contributed by atoms with E-state index in [0.717, 1.165) is 14.8 Å². The highest BCUT2D eigenvalue weighted by Gasteiger charge is 2.48. The van der Waals surface area contributed by atoms with Crippen molar-refractivity contribution in [3.8, 4) is 0 Å². The molecule has 1 aromatic rings. The lowest BCUT2D eigenvalue weighted by molar-refractivity contribution is -0.897. The molecule has 1 aliphatic rings. The molecule has 0 spiro atoms. The van der Waals surface area contributed by atoms with Gasteiger partial charge in [-0.3, -0.25) is 0 Å². The number of alkyl halides is 12. The van der Waals surface area contributed by atoms with E-state index >= 15 is 0 Å². The van der Waals surface area contributed by atoms with Crippen LogP contribution in [0.25, 0.3) is 8.25 Å². The van der Waals surface area contributed by atoms with Gasteiger partial charge in [0.2, 0.25) is 6.33 Å². The first-order valence-electron chi connectivity index (χ1n) is 13.6. The van der Waals surface area contributed by atoms with Gasteiger partial charge >= 0.3 is 22.0 Å². The summed E-state index contributed by atoms with van der Waals surface area (Å²) in [6.07, 6.45) is 14.5. The largest absolute Gasteiger partial charge is 0.480 e. The number of quaternary nitrogens is 1. The normalized spacial score (nSPS) is 15.9. The summed E-state index contributed by atoms with van der Waals surface area (Å²) in [5.74, 6) is 0. The second-order valence-electron chi connectivity index (χ2n) is 10.4. The predicted molar refractivity (Wildman–Crippen MR) is 152 cm³/mol. The molecule has 0 aromatic carbocycles. The molecule has 13 nitrogen and oxygen atoms in total. The molecule has 1 aliphatic heterocycles. The fraction of sp³-hybridized carbons (Fsp3) is 0.857. The van der Waals surface area contributed by atoms with Gasteiger partial charge in [0.15, 0.2) is 40.1 Å². The highest BCUT2D eigenvalue weighted by Crippen LogP contribution is 2.37. The number of aryl methyl sites for hydroxylation is 2. The van der Waals surface area contributed by atoms with Crippen LogP contribution in [0.3, 0.4) is 0 Å². The lowest BCUT2D eigenvalue weighted by atomic mass is 10.3. The van der Waals surface area contributed by atoms with E-state index in [-0.39, 0.29) is 0 Å². The minimum atomic E-state index is -6.72. The predicted octanol–water partition coefficient (Wildman–Crippen LogP) is 5.26. The third-order valence-corrected chi connectivity index (χ3v) is 11.3. The first-order chi connectivity index (χ1) is 22.0. The molecule has 50 heavy (non-hydrogen) atoms. The van der Waals surface area contributed by atoms with Gasteiger partial charge in [0.25, 0.3) is 0 Å². The number of hydrogen-bond donors (Lipinski definition) is 0. The molecule has 0 aliphatic carbocycles. The summed E-state index contributed by atoms with van der Waals surface area (Å²) in [6.45, 7) is 9.92. The minimum absolute atomic E-state index is 0.778. The summed E-state index contributed by atoms with van der Waals surface area (Å²) in [5.41, 5.74) is -24.8. The second kappa shape index (κ2) is 18.7. The number of aromatic nitrogens is 2. The van der Waals surface area contributed by atoms with Gasteiger partial charge in [-0.25, -0.2) is 42.8 Å². The zero-order valence-corrected chi connectivity index (χ0v) is 29.7. The summed E-state index contributed by atoms with van der Waals surface area (Å²) in [4.78, 5) is 0. The van der Waals surface area contributed by atoms with E-state index in [1.54, 1.807) is 0 Å². The SMILES string of the molecule is CCCC[N+]1(C)CCCC1.CCCCn1cc[n+](C)c1.O=S(=O)([N-]S(=O)(=O)C(F)(F)F)C(F)(F)F.O=S(=O)([N-]S(=O)(=O)C(F)(F)F)C(F)(F)F. The lowest BCUT2D eigenvalue weighted by Gasteiger charge is -2.28. The molecule has 0 radical (unpaired) electrons. The number of sulfonamides is 4. The number of hydrogen-bond acceptors (Lipinski definition) is 8. The van der Waals surface area contributed by atoms with Crippen LogP contribution in [0.2, 0.25) is 0 Å². The number of imidazole rings is 1. The zero-order valence-electron chi connectivity index (χ0n) is 26.5. The Balaban J connectivity index is 0. The Labute approximate surface area is 281 Å². The Hall–Kier alpha value is -1.95. The van der Waals surface area contributed by atoms with Crippen molar-refractivity contribution in [3.63, 3.8) is 0 Å². The fourth-order valence-corrected chi connectivity index (χ4v) is 6.68. The fourth-order valence-electron chi connectivity index (χ4n) is 3.26. The van der Waals surface area contributed by atoms with Crippen LogP contribution in [0.4, 0.5) is 52.7 Å².